The van der Waals surface area contributed by atoms with E-state index in [0.29, 0.717) is 0 Å². The molecule has 3 aromatic rings. The Morgan fingerprint density at radius 2 is 1.81 bits per heavy atom. The largest absolute Gasteiger partial charge is 0.359 e. The minimum absolute atomic E-state index is 0.275. The van der Waals surface area contributed by atoms with Gasteiger partial charge in [-0.25, -0.2) is 13.1 Å². The van der Waals surface area contributed by atoms with Crippen LogP contribution in [-0.4, -0.2) is 13.4 Å². The molecule has 0 aliphatic heterocycles. The Balaban J connectivity index is 1.80. The van der Waals surface area contributed by atoms with Gasteiger partial charge in [-0.3, -0.25) is 0 Å². The molecule has 0 radical (unpaired) electrons. The summed E-state index contributed by atoms with van der Waals surface area (Å²) >= 11 is 0. The van der Waals surface area contributed by atoms with Gasteiger partial charge in [-0.15, -0.1) is 0 Å². The van der Waals surface area contributed by atoms with Crippen LogP contribution in [0.15, 0.2) is 59.5 Å². The molecule has 4 nitrogen and oxygen atoms in total. The van der Waals surface area contributed by atoms with E-state index in [1.54, 1.807) is 30.3 Å². The van der Waals surface area contributed by atoms with E-state index in [1.165, 1.54) is 0 Å². The lowest BCUT2D eigenvalue weighted by Crippen LogP contribution is -2.23. The Bertz CT molecular complexity index is 868. The van der Waals surface area contributed by atoms with Gasteiger partial charge < -0.3 is 4.98 Å². The second-order valence-corrected chi connectivity index (χ2v) is 6.78. The molecular formula is C16H16N2O2S. The molecule has 0 bridgehead atoms. The van der Waals surface area contributed by atoms with Crippen LogP contribution in [0.4, 0.5) is 0 Å². The lowest BCUT2D eigenvalue weighted by molar-refractivity contribution is 0.581. The van der Waals surface area contributed by atoms with Crippen molar-refractivity contribution in [2.24, 2.45) is 0 Å². The van der Waals surface area contributed by atoms with Gasteiger partial charge in [-0.05, 0) is 48.2 Å². The quantitative estimate of drug-likeness (QED) is 0.778. The van der Waals surface area contributed by atoms with Gasteiger partial charge >= 0.3 is 0 Å². The number of hydrogen-bond donors (Lipinski definition) is 2. The first kappa shape index (κ1) is 13.9. The Kier molecular flexibility index (Phi) is 3.53. The molecule has 1 aromatic heterocycles. The zero-order chi connectivity index (χ0) is 14.9. The van der Waals surface area contributed by atoms with E-state index in [1.807, 2.05) is 31.2 Å². The highest BCUT2D eigenvalue weighted by atomic mass is 32.2. The highest BCUT2D eigenvalue weighted by Crippen LogP contribution is 2.17. The van der Waals surface area contributed by atoms with Gasteiger partial charge in [0.25, 0.3) is 0 Å². The average Bonchev–Trinajstić information content (AvgIpc) is 2.85. The van der Waals surface area contributed by atoms with Gasteiger partial charge in [0.2, 0.25) is 10.0 Å². The Hall–Kier alpha value is -2.11. The number of fused-ring (bicyclic) bond motifs is 1. The zero-order valence-corrected chi connectivity index (χ0v) is 12.4. The van der Waals surface area contributed by atoms with Crippen molar-refractivity contribution in [3.05, 3.63) is 65.9 Å². The molecule has 108 valence electrons. The maximum absolute atomic E-state index is 12.2. The van der Waals surface area contributed by atoms with Crippen molar-refractivity contribution in [2.45, 2.75) is 18.4 Å². The predicted octanol–water partition coefficient (Wildman–Crippen LogP) is 2.95. The molecule has 0 aliphatic carbocycles. The van der Waals surface area contributed by atoms with E-state index in [9.17, 15) is 8.42 Å². The summed E-state index contributed by atoms with van der Waals surface area (Å²) in [6.07, 6.45) is 0. The fourth-order valence-corrected chi connectivity index (χ4v) is 3.34. The topological polar surface area (TPSA) is 62.0 Å². The summed E-state index contributed by atoms with van der Waals surface area (Å²) in [6.45, 7) is 2.27. The third kappa shape index (κ3) is 2.99. The van der Waals surface area contributed by atoms with E-state index in [2.05, 4.69) is 9.71 Å². The van der Waals surface area contributed by atoms with Gasteiger partial charge in [-0.1, -0.05) is 24.3 Å². The Morgan fingerprint density at radius 3 is 2.57 bits per heavy atom. The number of aryl methyl sites for hydroxylation is 1. The summed E-state index contributed by atoms with van der Waals surface area (Å²) in [5.74, 6) is 0. The molecule has 5 heteroatoms. The summed E-state index contributed by atoms with van der Waals surface area (Å²) in [5.41, 5.74) is 3.08. The van der Waals surface area contributed by atoms with Crippen LogP contribution in [0.1, 0.15) is 11.3 Å². The van der Waals surface area contributed by atoms with Crippen molar-refractivity contribution in [1.29, 1.82) is 0 Å². The van der Waals surface area contributed by atoms with Gasteiger partial charge in [0.15, 0.2) is 0 Å². The lowest BCUT2D eigenvalue weighted by Gasteiger charge is -2.07. The average molecular weight is 300 g/mol. The van der Waals surface area contributed by atoms with Crippen molar-refractivity contribution in [3.8, 4) is 0 Å². The predicted molar refractivity (Wildman–Crippen MR) is 83.5 cm³/mol. The standard InChI is InChI=1S/C16H16N2O2S/c1-12-9-14-10-13(7-8-16(14)18-12)11-17-21(19,20)15-5-3-2-4-6-15/h2-10,17-18H,11H2,1H3. The summed E-state index contributed by atoms with van der Waals surface area (Å²) < 4.78 is 26.9. The fourth-order valence-electron chi connectivity index (χ4n) is 2.30. The zero-order valence-electron chi connectivity index (χ0n) is 11.6. The van der Waals surface area contributed by atoms with Crippen LogP contribution in [0.3, 0.4) is 0 Å². The first-order chi connectivity index (χ1) is 10.0. The number of hydrogen-bond acceptors (Lipinski definition) is 2. The molecule has 0 spiro atoms. The molecule has 0 atom stereocenters. The molecule has 0 aliphatic rings. The molecule has 3 rings (SSSR count). The summed E-state index contributed by atoms with van der Waals surface area (Å²) in [6, 6.07) is 16.3. The third-order valence-electron chi connectivity index (χ3n) is 3.34. The highest BCUT2D eigenvalue weighted by molar-refractivity contribution is 7.89. The first-order valence-corrected chi connectivity index (χ1v) is 8.16. The van der Waals surface area contributed by atoms with Crippen LogP contribution >= 0.6 is 0 Å². The van der Waals surface area contributed by atoms with Gasteiger partial charge in [0.05, 0.1) is 4.90 Å². The number of sulfonamides is 1. The fraction of sp³-hybridized carbons (Fsp3) is 0.125. The lowest BCUT2D eigenvalue weighted by atomic mass is 10.1. The van der Waals surface area contributed by atoms with E-state index in [-0.39, 0.29) is 11.4 Å². The monoisotopic (exact) mass is 300 g/mol. The molecule has 0 saturated heterocycles. The second-order valence-electron chi connectivity index (χ2n) is 5.01. The molecule has 0 unspecified atom stereocenters. The van der Waals surface area contributed by atoms with E-state index >= 15 is 0 Å². The second kappa shape index (κ2) is 5.35. The summed E-state index contributed by atoms with van der Waals surface area (Å²) in [7, 11) is -3.46. The molecule has 2 N–H and O–H groups in total. The smallest absolute Gasteiger partial charge is 0.240 e. The van der Waals surface area contributed by atoms with E-state index in [4.69, 9.17) is 0 Å². The van der Waals surface area contributed by atoms with Gasteiger partial charge in [0.1, 0.15) is 0 Å². The Morgan fingerprint density at radius 1 is 1.05 bits per heavy atom. The SMILES string of the molecule is Cc1cc2cc(CNS(=O)(=O)c3ccccc3)ccc2[nH]1. The van der Waals surface area contributed by atoms with Crippen LogP contribution in [0.5, 0.6) is 0 Å². The van der Waals surface area contributed by atoms with Crippen molar-refractivity contribution < 1.29 is 8.42 Å². The van der Waals surface area contributed by atoms with Crippen LogP contribution in [-0.2, 0) is 16.6 Å². The number of H-pyrrole nitrogens is 1. The molecular weight excluding hydrogens is 284 g/mol. The van der Waals surface area contributed by atoms with Crippen molar-refractivity contribution >= 4 is 20.9 Å². The normalized spacial score (nSPS) is 11.9. The highest BCUT2D eigenvalue weighted by Gasteiger charge is 2.12. The van der Waals surface area contributed by atoms with E-state index < -0.39 is 10.0 Å². The minimum atomic E-state index is -3.46. The van der Waals surface area contributed by atoms with Crippen LogP contribution in [0.25, 0.3) is 10.9 Å². The number of aromatic amines is 1. The molecule has 1 heterocycles. The molecule has 2 aromatic carbocycles. The van der Waals surface area contributed by atoms with Crippen molar-refractivity contribution in [1.82, 2.24) is 9.71 Å². The molecule has 0 saturated carbocycles. The van der Waals surface area contributed by atoms with E-state index in [0.717, 1.165) is 22.2 Å². The molecule has 0 amide bonds. The summed E-state index contributed by atoms with van der Waals surface area (Å²) in [5, 5.41) is 1.09. The number of benzene rings is 2. The van der Waals surface area contributed by atoms with Gasteiger partial charge in [-0.2, -0.15) is 0 Å². The summed E-state index contributed by atoms with van der Waals surface area (Å²) in [4.78, 5) is 3.53. The Labute approximate surface area is 123 Å². The van der Waals surface area contributed by atoms with Crippen LogP contribution in [0.2, 0.25) is 0 Å². The molecule has 0 fully saturated rings. The maximum Gasteiger partial charge on any atom is 0.240 e. The number of nitrogens with one attached hydrogen (secondary N) is 2. The molecule has 21 heavy (non-hydrogen) atoms. The van der Waals surface area contributed by atoms with Crippen LogP contribution in [0, 0.1) is 6.92 Å². The first-order valence-electron chi connectivity index (χ1n) is 6.67. The third-order valence-corrected chi connectivity index (χ3v) is 4.76. The minimum Gasteiger partial charge on any atom is -0.359 e. The van der Waals surface area contributed by atoms with Crippen molar-refractivity contribution in [3.63, 3.8) is 0 Å². The van der Waals surface area contributed by atoms with Gasteiger partial charge in [0, 0.05) is 17.8 Å². The maximum atomic E-state index is 12.2. The van der Waals surface area contributed by atoms with Crippen LogP contribution < -0.4 is 4.72 Å². The number of rotatable bonds is 4. The number of aromatic nitrogens is 1. The van der Waals surface area contributed by atoms with Crippen molar-refractivity contribution in [2.75, 3.05) is 0 Å².